The summed E-state index contributed by atoms with van der Waals surface area (Å²) in [5, 5.41) is 15.8. The number of phenols is 1. The molecule has 2 nitrogen and oxygen atoms in total. The van der Waals surface area contributed by atoms with Gasteiger partial charge in [0.2, 0.25) is 0 Å². The van der Waals surface area contributed by atoms with Gasteiger partial charge in [-0.25, -0.2) is 0 Å². The van der Waals surface area contributed by atoms with Crippen molar-refractivity contribution in [3.05, 3.63) is 42.0 Å². The Balaban J connectivity index is 0.00000108. The van der Waals surface area contributed by atoms with Crippen LogP contribution in [0.4, 0.5) is 0 Å². The molecule has 3 heteroatoms. The smallest absolute Gasteiger partial charge is 0.120 e. The minimum absolute atomic E-state index is 0. The molecule has 1 fully saturated rings. The predicted molar refractivity (Wildman–Crippen MR) is 72.8 cm³/mol. The van der Waals surface area contributed by atoms with Crippen LogP contribution < -0.4 is 5.32 Å². The summed E-state index contributed by atoms with van der Waals surface area (Å²) in [5.41, 5.74) is 1.07. The molecule has 1 aliphatic heterocycles. The zero-order valence-electron chi connectivity index (χ0n) is 9.52. The van der Waals surface area contributed by atoms with E-state index in [-0.39, 0.29) is 12.4 Å². The lowest BCUT2D eigenvalue weighted by Crippen LogP contribution is -2.13. The van der Waals surface area contributed by atoms with E-state index in [2.05, 4.69) is 17.4 Å². The molecular formula is C14H16ClNO. The SMILES string of the molecule is Cl.Oc1ccc2ccccc2c1[C@H]1CCCN1. The highest BCUT2D eigenvalue weighted by molar-refractivity contribution is 5.88. The maximum Gasteiger partial charge on any atom is 0.120 e. The molecule has 2 aromatic rings. The summed E-state index contributed by atoms with van der Waals surface area (Å²) in [6.45, 7) is 1.05. The molecule has 1 aliphatic rings. The van der Waals surface area contributed by atoms with Gasteiger partial charge >= 0.3 is 0 Å². The summed E-state index contributed by atoms with van der Waals surface area (Å²) in [7, 11) is 0. The van der Waals surface area contributed by atoms with Gasteiger partial charge in [0, 0.05) is 11.6 Å². The summed E-state index contributed by atoms with van der Waals surface area (Å²) in [6, 6.07) is 12.3. The molecule has 0 aromatic heterocycles. The first kappa shape index (κ1) is 12.2. The van der Waals surface area contributed by atoms with E-state index in [0.717, 1.165) is 18.5 Å². The molecular weight excluding hydrogens is 234 g/mol. The largest absolute Gasteiger partial charge is 0.508 e. The molecule has 0 unspecified atom stereocenters. The number of hydrogen-bond acceptors (Lipinski definition) is 2. The third-order valence-corrected chi connectivity index (χ3v) is 3.36. The second kappa shape index (κ2) is 4.94. The van der Waals surface area contributed by atoms with Crippen LogP contribution in [0.25, 0.3) is 10.8 Å². The summed E-state index contributed by atoms with van der Waals surface area (Å²) in [4.78, 5) is 0. The number of hydrogen-bond donors (Lipinski definition) is 2. The molecule has 0 aliphatic carbocycles. The number of fused-ring (bicyclic) bond motifs is 1. The van der Waals surface area contributed by atoms with E-state index in [0.29, 0.717) is 11.8 Å². The minimum atomic E-state index is 0. The van der Waals surface area contributed by atoms with Gasteiger partial charge in [0.15, 0.2) is 0 Å². The van der Waals surface area contributed by atoms with Gasteiger partial charge in [0.25, 0.3) is 0 Å². The van der Waals surface area contributed by atoms with Crippen LogP contribution >= 0.6 is 12.4 Å². The molecule has 0 radical (unpaired) electrons. The van der Waals surface area contributed by atoms with Crippen LogP contribution in [0.1, 0.15) is 24.4 Å². The first-order valence-corrected chi connectivity index (χ1v) is 5.80. The van der Waals surface area contributed by atoms with Gasteiger partial charge in [0.1, 0.15) is 5.75 Å². The molecule has 0 amide bonds. The molecule has 2 N–H and O–H groups in total. The van der Waals surface area contributed by atoms with Crippen molar-refractivity contribution in [3.63, 3.8) is 0 Å². The lowest BCUT2D eigenvalue weighted by molar-refractivity contribution is 0.459. The van der Waals surface area contributed by atoms with E-state index in [4.69, 9.17) is 0 Å². The zero-order chi connectivity index (χ0) is 11.0. The summed E-state index contributed by atoms with van der Waals surface area (Å²) < 4.78 is 0. The van der Waals surface area contributed by atoms with Crippen molar-refractivity contribution in [3.8, 4) is 5.75 Å². The number of nitrogens with one attached hydrogen (secondary N) is 1. The van der Waals surface area contributed by atoms with Crippen LogP contribution in [0.15, 0.2) is 36.4 Å². The number of rotatable bonds is 1. The Bertz CT molecular complexity index is 521. The van der Waals surface area contributed by atoms with Crippen molar-refractivity contribution < 1.29 is 5.11 Å². The van der Waals surface area contributed by atoms with Gasteiger partial charge in [-0.3, -0.25) is 0 Å². The lowest BCUT2D eigenvalue weighted by atomic mass is 9.97. The first-order valence-electron chi connectivity index (χ1n) is 5.80. The van der Waals surface area contributed by atoms with Gasteiger partial charge in [-0.1, -0.05) is 30.3 Å². The highest BCUT2D eigenvalue weighted by atomic mass is 35.5. The second-order valence-corrected chi connectivity index (χ2v) is 4.37. The van der Waals surface area contributed by atoms with Crippen molar-refractivity contribution in [2.45, 2.75) is 18.9 Å². The van der Waals surface area contributed by atoms with E-state index in [1.54, 1.807) is 6.07 Å². The Kier molecular flexibility index (Phi) is 3.55. The van der Waals surface area contributed by atoms with Crippen LogP contribution in [0.2, 0.25) is 0 Å². The van der Waals surface area contributed by atoms with Crippen LogP contribution in [0, 0.1) is 0 Å². The van der Waals surface area contributed by atoms with Crippen LogP contribution in [-0.4, -0.2) is 11.7 Å². The van der Waals surface area contributed by atoms with E-state index < -0.39 is 0 Å². The number of benzene rings is 2. The van der Waals surface area contributed by atoms with Gasteiger partial charge in [-0.15, -0.1) is 12.4 Å². The number of phenolic OH excluding ortho intramolecular Hbond substituents is 1. The van der Waals surface area contributed by atoms with Crippen LogP contribution in [-0.2, 0) is 0 Å². The molecule has 0 spiro atoms. The quantitative estimate of drug-likeness (QED) is 0.812. The molecule has 17 heavy (non-hydrogen) atoms. The van der Waals surface area contributed by atoms with E-state index in [9.17, 15) is 5.11 Å². The molecule has 1 atom stereocenters. The third kappa shape index (κ3) is 2.11. The average Bonchev–Trinajstić information content (AvgIpc) is 2.82. The Morgan fingerprint density at radius 1 is 1.12 bits per heavy atom. The fraction of sp³-hybridized carbons (Fsp3) is 0.286. The van der Waals surface area contributed by atoms with Crippen molar-refractivity contribution in [1.29, 1.82) is 0 Å². The molecule has 1 heterocycles. The second-order valence-electron chi connectivity index (χ2n) is 4.37. The van der Waals surface area contributed by atoms with Crippen LogP contribution in [0.3, 0.4) is 0 Å². The van der Waals surface area contributed by atoms with E-state index in [1.807, 2.05) is 18.2 Å². The molecule has 90 valence electrons. The van der Waals surface area contributed by atoms with E-state index >= 15 is 0 Å². The van der Waals surface area contributed by atoms with Gasteiger partial charge in [0.05, 0.1) is 0 Å². The number of halogens is 1. The normalized spacial score (nSPS) is 19.2. The van der Waals surface area contributed by atoms with Crippen molar-refractivity contribution in [2.75, 3.05) is 6.54 Å². The Hall–Kier alpha value is -1.25. The summed E-state index contributed by atoms with van der Waals surface area (Å²) >= 11 is 0. The Labute approximate surface area is 107 Å². The minimum Gasteiger partial charge on any atom is -0.508 e. The predicted octanol–water partition coefficient (Wildman–Crippen LogP) is 3.39. The zero-order valence-corrected chi connectivity index (χ0v) is 10.3. The van der Waals surface area contributed by atoms with Crippen LogP contribution in [0.5, 0.6) is 5.75 Å². The first-order chi connectivity index (χ1) is 7.86. The highest BCUT2D eigenvalue weighted by Crippen LogP contribution is 2.35. The van der Waals surface area contributed by atoms with Gasteiger partial charge < -0.3 is 10.4 Å². The fourth-order valence-corrected chi connectivity index (χ4v) is 2.58. The summed E-state index contributed by atoms with van der Waals surface area (Å²) in [5.74, 6) is 0.415. The summed E-state index contributed by atoms with van der Waals surface area (Å²) in [6.07, 6.45) is 2.30. The molecule has 2 aromatic carbocycles. The van der Waals surface area contributed by atoms with Gasteiger partial charge in [-0.2, -0.15) is 0 Å². The maximum absolute atomic E-state index is 10.0. The topological polar surface area (TPSA) is 32.3 Å². The highest BCUT2D eigenvalue weighted by Gasteiger charge is 2.21. The molecule has 0 saturated carbocycles. The third-order valence-electron chi connectivity index (χ3n) is 3.36. The standard InChI is InChI=1S/C14H15NO.ClH/c16-13-8-7-10-4-1-2-5-11(10)14(13)12-6-3-9-15-12;/h1-2,4-5,7-8,12,15-16H,3,6,9H2;1H/t12-;/m1./s1. The number of aromatic hydroxyl groups is 1. The average molecular weight is 250 g/mol. The maximum atomic E-state index is 10.0. The van der Waals surface area contributed by atoms with Crippen molar-refractivity contribution >= 4 is 23.2 Å². The van der Waals surface area contributed by atoms with E-state index in [1.165, 1.54) is 17.2 Å². The fourth-order valence-electron chi connectivity index (χ4n) is 2.58. The van der Waals surface area contributed by atoms with Gasteiger partial charge in [-0.05, 0) is 36.2 Å². The molecule has 1 saturated heterocycles. The van der Waals surface area contributed by atoms with Crippen molar-refractivity contribution in [1.82, 2.24) is 5.32 Å². The molecule has 0 bridgehead atoms. The Morgan fingerprint density at radius 2 is 1.94 bits per heavy atom. The van der Waals surface area contributed by atoms with Crippen molar-refractivity contribution in [2.24, 2.45) is 0 Å². The lowest BCUT2D eigenvalue weighted by Gasteiger charge is -2.15. The monoisotopic (exact) mass is 249 g/mol. The Morgan fingerprint density at radius 3 is 2.71 bits per heavy atom. The molecule has 3 rings (SSSR count).